The molecule has 0 radical (unpaired) electrons. The van der Waals surface area contributed by atoms with Crippen molar-refractivity contribution in [3.8, 4) is 16.8 Å². The fourth-order valence-corrected chi connectivity index (χ4v) is 4.95. The first-order chi connectivity index (χ1) is 15.5. The summed E-state index contributed by atoms with van der Waals surface area (Å²) < 4.78 is 2.42. The average Bonchev–Trinajstić information content (AvgIpc) is 2.78. The van der Waals surface area contributed by atoms with Crippen molar-refractivity contribution < 1.29 is 21.5 Å². The van der Waals surface area contributed by atoms with Crippen LogP contribution in [-0.4, -0.2) is 14.1 Å². The van der Waals surface area contributed by atoms with Gasteiger partial charge in [0.15, 0.2) is 0 Å². The lowest BCUT2D eigenvalue weighted by molar-refractivity contribution is -0.537. The second-order valence-corrected chi connectivity index (χ2v) is 8.88. The molecule has 0 aliphatic carbocycles. The van der Waals surface area contributed by atoms with Crippen molar-refractivity contribution in [2.24, 2.45) is 0 Å². The molecular weight excluding hydrogens is 468 g/mol. The Morgan fingerprint density at radius 3 is 1.91 bits per heavy atom. The van der Waals surface area contributed by atoms with Crippen molar-refractivity contribution in [1.29, 1.82) is 0 Å². The lowest BCUT2D eigenvalue weighted by Gasteiger charge is -2.19. The monoisotopic (exact) mass is 496 g/mol. The van der Waals surface area contributed by atoms with Gasteiger partial charge in [0.25, 0.3) is 0 Å². The number of halogens is 1. The zero-order chi connectivity index (χ0) is 22.4. The Balaban J connectivity index is 0.00000259. The van der Waals surface area contributed by atoms with Crippen molar-refractivity contribution in [1.82, 2.24) is 0 Å². The molecule has 2 nitrogen and oxygen atoms in total. The van der Waals surface area contributed by atoms with E-state index in [1.165, 1.54) is 61.0 Å². The highest BCUT2D eigenvalue weighted by Crippen LogP contribution is 2.40. The summed E-state index contributed by atoms with van der Waals surface area (Å²) in [6.45, 7) is 6.68. The third-order valence-corrected chi connectivity index (χ3v) is 6.50. The number of aromatic nitrogens is 1. The number of nitrogens with zero attached hydrogens (tertiary/aromatic N) is 2. The van der Waals surface area contributed by atoms with Gasteiger partial charge in [-0.1, -0.05) is 48.5 Å². The van der Waals surface area contributed by atoms with Gasteiger partial charge in [0.1, 0.15) is 0 Å². The number of hydrogen-bond donors (Lipinski definition) is 0. The summed E-state index contributed by atoms with van der Waals surface area (Å²) in [5.41, 5.74) is 11.4. The lowest BCUT2D eigenvalue weighted by Crippen LogP contribution is -3.00. The number of fused-ring (bicyclic) bond motifs is 2. The molecule has 5 rings (SSSR count). The maximum Gasteiger partial charge on any atom is 0.221 e. The Labute approximate surface area is 206 Å². The summed E-state index contributed by atoms with van der Waals surface area (Å²) in [4.78, 5) is 2.17. The lowest BCUT2D eigenvalue weighted by atomic mass is 9.88. The summed E-state index contributed by atoms with van der Waals surface area (Å²) in [6, 6.07) is 30.8. The Hall–Kier alpha value is -3.17. The van der Waals surface area contributed by atoms with Crippen molar-refractivity contribution in [2.45, 2.75) is 20.8 Å². The van der Waals surface area contributed by atoms with Gasteiger partial charge in [0.05, 0.1) is 10.8 Å². The topological polar surface area (TPSA) is 7.12 Å². The van der Waals surface area contributed by atoms with Crippen LogP contribution in [0.3, 0.4) is 0 Å². The molecule has 0 amide bonds. The minimum atomic E-state index is 0. The van der Waals surface area contributed by atoms with Gasteiger partial charge in [-0.25, -0.2) is 0 Å². The molecule has 166 valence electrons. The molecule has 5 aromatic rings. The van der Waals surface area contributed by atoms with E-state index in [1.807, 2.05) is 0 Å². The van der Waals surface area contributed by atoms with Crippen molar-refractivity contribution in [2.75, 3.05) is 19.0 Å². The van der Waals surface area contributed by atoms with E-state index in [-0.39, 0.29) is 17.0 Å². The number of pyridine rings is 1. The molecule has 0 aliphatic rings. The summed E-state index contributed by atoms with van der Waals surface area (Å²) in [5.74, 6) is 0. The molecule has 0 atom stereocenters. The smallest absolute Gasteiger partial charge is 0.221 e. The van der Waals surface area contributed by atoms with Gasteiger partial charge in [-0.15, -0.1) is 0 Å². The van der Waals surface area contributed by atoms with E-state index < -0.39 is 0 Å². The van der Waals surface area contributed by atoms with Crippen LogP contribution in [0.25, 0.3) is 38.6 Å². The summed E-state index contributed by atoms with van der Waals surface area (Å²) >= 11 is 0. The van der Waals surface area contributed by atoms with Crippen LogP contribution in [0.15, 0.2) is 84.9 Å². The number of benzene rings is 4. The van der Waals surface area contributed by atoms with Crippen LogP contribution >= 0.6 is 0 Å². The van der Waals surface area contributed by atoms with Crippen molar-refractivity contribution >= 4 is 27.5 Å². The fraction of sp³-hybridized carbons (Fsp3) is 0.167. The van der Waals surface area contributed by atoms with Crippen LogP contribution in [0.2, 0.25) is 0 Å². The van der Waals surface area contributed by atoms with Crippen LogP contribution in [0.4, 0.5) is 5.69 Å². The Morgan fingerprint density at radius 2 is 1.24 bits per heavy atom. The highest BCUT2D eigenvalue weighted by molar-refractivity contribution is 6.10. The predicted octanol–water partition coefficient (Wildman–Crippen LogP) is 3.93. The Kier molecular flexibility index (Phi) is 6.27. The first-order valence-corrected chi connectivity index (χ1v) is 11.2. The number of anilines is 1. The molecule has 0 fully saturated rings. The molecule has 1 aromatic heterocycles. The van der Waals surface area contributed by atoms with Crippen LogP contribution in [-0.2, 0) is 0 Å². The highest BCUT2D eigenvalue weighted by atomic mass is 79.9. The van der Waals surface area contributed by atoms with Gasteiger partial charge in [0, 0.05) is 49.6 Å². The SMILES string of the molecule is Cc1cccc(C)c1-c1c2ccc(N(C)C)cc2[n+](-c2ccccc2)c2cccc(C)c12.[Br-]. The van der Waals surface area contributed by atoms with Crippen LogP contribution in [0.5, 0.6) is 0 Å². The van der Waals surface area contributed by atoms with Crippen LogP contribution < -0.4 is 26.4 Å². The molecule has 0 bridgehead atoms. The van der Waals surface area contributed by atoms with E-state index in [9.17, 15) is 0 Å². The first-order valence-electron chi connectivity index (χ1n) is 11.2. The van der Waals surface area contributed by atoms with E-state index in [0.717, 1.165) is 0 Å². The van der Waals surface area contributed by atoms with E-state index in [2.05, 4.69) is 129 Å². The third-order valence-electron chi connectivity index (χ3n) is 6.50. The van der Waals surface area contributed by atoms with Gasteiger partial charge in [-0.2, -0.15) is 4.57 Å². The number of para-hydroxylation sites is 1. The van der Waals surface area contributed by atoms with Gasteiger partial charge in [0.2, 0.25) is 16.7 Å². The fourth-order valence-electron chi connectivity index (χ4n) is 4.95. The van der Waals surface area contributed by atoms with Gasteiger partial charge >= 0.3 is 0 Å². The second kappa shape index (κ2) is 8.99. The minimum Gasteiger partial charge on any atom is -1.00 e. The van der Waals surface area contributed by atoms with Gasteiger partial charge in [-0.05, 0) is 55.2 Å². The molecule has 33 heavy (non-hydrogen) atoms. The highest BCUT2D eigenvalue weighted by Gasteiger charge is 2.26. The summed E-state index contributed by atoms with van der Waals surface area (Å²) in [6.07, 6.45) is 0. The van der Waals surface area contributed by atoms with Crippen LogP contribution in [0.1, 0.15) is 16.7 Å². The first kappa shape index (κ1) is 23.0. The number of rotatable bonds is 3. The maximum atomic E-state index is 2.42. The number of aryl methyl sites for hydroxylation is 3. The minimum absolute atomic E-state index is 0. The second-order valence-electron chi connectivity index (χ2n) is 8.88. The molecule has 0 spiro atoms. The van der Waals surface area contributed by atoms with Crippen molar-refractivity contribution in [3.05, 3.63) is 102 Å². The van der Waals surface area contributed by atoms with E-state index >= 15 is 0 Å². The molecule has 0 N–H and O–H groups in total. The average molecular weight is 497 g/mol. The molecule has 0 saturated carbocycles. The molecule has 0 unspecified atom stereocenters. The van der Waals surface area contributed by atoms with E-state index in [0.29, 0.717) is 0 Å². The molecule has 3 heteroatoms. The van der Waals surface area contributed by atoms with Crippen LogP contribution in [0, 0.1) is 20.8 Å². The Bertz CT molecular complexity index is 1450. The van der Waals surface area contributed by atoms with E-state index in [1.54, 1.807) is 0 Å². The summed E-state index contributed by atoms with van der Waals surface area (Å²) in [5, 5.41) is 2.59. The Morgan fingerprint density at radius 1 is 0.606 bits per heavy atom. The zero-order valence-corrected chi connectivity index (χ0v) is 21.4. The van der Waals surface area contributed by atoms with E-state index in [4.69, 9.17) is 0 Å². The van der Waals surface area contributed by atoms with Crippen molar-refractivity contribution in [3.63, 3.8) is 0 Å². The zero-order valence-electron chi connectivity index (χ0n) is 19.9. The summed E-state index contributed by atoms with van der Waals surface area (Å²) in [7, 11) is 4.21. The molecule has 0 saturated heterocycles. The molecular formula is C30H29BrN2. The maximum absolute atomic E-state index is 2.42. The third kappa shape index (κ3) is 3.81. The normalized spacial score (nSPS) is 10.9. The predicted molar refractivity (Wildman–Crippen MR) is 137 cm³/mol. The molecule has 1 heterocycles. The quantitative estimate of drug-likeness (QED) is 0.271. The van der Waals surface area contributed by atoms with Gasteiger partial charge in [-0.3, -0.25) is 0 Å². The largest absolute Gasteiger partial charge is 1.00 e. The number of hydrogen-bond acceptors (Lipinski definition) is 1. The molecule has 4 aromatic carbocycles. The van der Waals surface area contributed by atoms with Gasteiger partial charge < -0.3 is 21.9 Å². The molecule has 0 aliphatic heterocycles. The standard InChI is InChI=1S/C30H29N2.BrH/c1-20-11-9-12-21(2)28(20)30-25-18-17-24(31(4)5)19-27(25)32(23-14-7-6-8-15-23)26-16-10-13-22(3)29(26)30;/h6-19H,1-5H3;1H/q+1;/p-1.